The van der Waals surface area contributed by atoms with Crippen molar-refractivity contribution in [2.75, 3.05) is 5.32 Å². The van der Waals surface area contributed by atoms with Gasteiger partial charge in [0.25, 0.3) is 0 Å². The molecule has 1 N–H and O–H groups in total. The lowest BCUT2D eigenvalue weighted by Gasteiger charge is -2.30. The Morgan fingerprint density at radius 1 is 1.09 bits per heavy atom. The van der Waals surface area contributed by atoms with Crippen LogP contribution >= 0.6 is 0 Å². The number of hydrogen-bond donors (Lipinski definition) is 1. The molecule has 3 aromatic heterocycles. The topological polar surface area (TPSA) is 69.8 Å². The maximum absolute atomic E-state index is 13.9. The van der Waals surface area contributed by atoms with Crippen LogP contribution in [-0.4, -0.2) is 36.7 Å². The Morgan fingerprint density at radius 3 is 2.66 bits per heavy atom. The summed E-state index contributed by atoms with van der Waals surface area (Å²) >= 11 is 0. The molecule has 0 amide bonds. The van der Waals surface area contributed by atoms with Crippen molar-refractivity contribution in [3.8, 4) is 17.0 Å². The minimum absolute atomic E-state index is 0.0193. The summed E-state index contributed by atoms with van der Waals surface area (Å²) in [5, 5.41) is 13.3. The molecule has 0 saturated heterocycles. The molecule has 32 heavy (non-hydrogen) atoms. The number of benzene rings is 1. The Bertz CT molecular complexity index is 1260. The first-order valence-electron chi connectivity index (χ1n) is 10.7. The second kappa shape index (κ2) is 8.22. The highest BCUT2D eigenvalue weighted by Gasteiger charge is 2.24. The number of nitrogens with zero attached hydrogens (tertiary/aromatic N) is 5. The molecule has 1 aliphatic carbocycles. The number of aromatic nitrogens is 5. The lowest BCUT2D eigenvalue weighted by molar-refractivity contribution is 0.142. The summed E-state index contributed by atoms with van der Waals surface area (Å²) in [7, 11) is 3.80. The summed E-state index contributed by atoms with van der Waals surface area (Å²) in [4.78, 5) is 4.60. The number of nitrogens with one attached hydrogen (secondary N) is 1. The van der Waals surface area contributed by atoms with Crippen molar-refractivity contribution in [1.29, 1.82) is 0 Å². The predicted octanol–water partition coefficient (Wildman–Crippen LogP) is 4.45. The van der Waals surface area contributed by atoms with E-state index in [0.29, 0.717) is 0 Å². The monoisotopic (exact) mass is 438 g/mol. The number of hydrogen-bond acceptors (Lipinski definition) is 5. The molecule has 1 saturated carbocycles. The van der Waals surface area contributed by atoms with Crippen LogP contribution in [0.4, 0.5) is 14.6 Å². The van der Waals surface area contributed by atoms with E-state index in [1.54, 1.807) is 10.9 Å². The zero-order valence-electron chi connectivity index (χ0n) is 17.9. The average molecular weight is 438 g/mol. The van der Waals surface area contributed by atoms with Gasteiger partial charge in [0.15, 0.2) is 11.6 Å². The number of aryl methyl sites for hydroxylation is 2. The van der Waals surface area contributed by atoms with E-state index < -0.39 is 11.6 Å². The highest BCUT2D eigenvalue weighted by atomic mass is 19.2. The van der Waals surface area contributed by atoms with Crippen LogP contribution in [0.1, 0.15) is 25.7 Å². The van der Waals surface area contributed by atoms with E-state index in [1.807, 2.05) is 37.2 Å². The van der Waals surface area contributed by atoms with Gasteiger partial charge in [0.05, 0.1) is 17.8 Å². The smallest absolute Gasteiger partial charge is 0.200 e. The average Bonchev–Trinajstić information content (AvgIpc) is 3.36. The minimum Gasteiger partial charge on any atom is -0.487 e. The molecule has 0 unspecified atom stereocenters. The van der Waals surface area contributed by atoms with Gasteiger partial charge < -0.3 is 10.1 Å². The summed E-state index contributed by atoms with van der Waals surface area (Å²) in [6, 6.07) is 6.27. The second-order valence-electron chi connectivity index (χ2n) is 8.25. The van der Waals surface area contributed by atoms with Gasteiger partial charge >= 0.3 is 0 Å². The van der Waals surface area contributed by atoms with Gasteiger partial charge in [-0.05, 0) is 37.8 Å². The van der Waals surface area contributed by atoms with Gasteiger partial charge in [-0.15, -0.1) is 0 Å². The first-order valence-corrected chi connectivity index (χ1v) is 10.7. The lowest BCUT2D eigenvalue weighted by atomic mass is 9.93. The largest absolute Gasteiger partial charge is 0.487 e. The van der Waals surface area contributed by atoms with E-state index in [1.165, 1.54) is 12.1 Å². The number of anilines is 1. The number of rotatable bonds is 5. The molecule has 3 heterocycles. The van der Waals surface area contributed by atoms with Crippen molar-refractivity contribution in [2.45, 2.75) is 37.8 Å². The van der Waals surface area contributed by atoms with Gasteiger partial charge in [0.2, 0.25) is 5.82 Å². The molecule has 7 nitrogen and oxygen atoms in total. The van der Waals surface area contributed by atoms with E-state index in [-0.39, 0.29) is 17.9 Å². The number of fused-ring (bicyclic) bond motifs is 1. The van der Waals surface area contributed by atoms with Gasteiger partial charge in [-0.3, -0.25) is 9.36 Å². The van der Waals surface area contributed by atoms with Crippen LogP contribution in [0.15, 0.2) is 42.9 Å². The number of halogens is 2. The van der Waals surface area contributed by atoms with Crippen LogP contribution < -0.4 is 10.1 Å². The molecule has 0 atom stereocenters. The van der Waals surface area contributed by atoms with E-state index in [2.05, 4.69) is 20.5 Å². The van der Waals surface area contributed by atoms with Gasteiger partial charge in [-0.25, -0.2) is 9.37 Å². The zero-order valence-corrected chi connectivity index (χ0v) is 17.9. The maximum Gasteiger partial charge on any atom is 0.200 e. The molecule has 5 rings (SSSR count). The van der Waals surface area contributed by atoms with Gasteiger partial charge in [-0.1, -0.05) is 6.07 Å². The fourth-order valence-corrected chi connectivity index (χ4v) is 4.28. The molecule has 1 aromatic carbocycles. The normalized spacial score (nSPS) is 18.8. The van der Waals surface area contributed by atoms with Crippen LogP contribution in [0.3, 0.4) is 0 Å². The van der Waals surface area contributed by atoms with Crippen LogP contribution in [-0.2, 0) is 14.1 Å². The van der Waals surface area contributed by atoms with Crippen molar-refractivity contribution in [3.05, 3.63) is 54.5 Å². The minimum atomic E-state index is -0.924. The molecule has 0 aliphatic heterocycles. The van der Waals surface area contributed by atoms with Crippen LogP contribution in [0, 0.1) is 11.6 Å². The molecule has 166 valence electrons. The SMILES string of the molecule is Cn1cc(-c2nn(C)c3cc(NC4CCC(Oc5cccc(F)c5F)CC4)ncc23)cn1. The summed E-state index contributed by atoms with van der Waals surface area (Å²) in [5.74, 6) is -1.04. The molecule has 1 aliphatic rings. The molecule has 0 radical (unpaired) electrons. The summed E-state index contributed by atoms with van der Waals surface area (Å²) in [5.41, 5.74) is 2.80. The second-order valence-corrected chi connectivity index (χ2v) is 8.25. The molecule has 1 fully saturated rings. The third-order valence-electron chi connectivity index (χ3n) is 5.95. The standard InChI is InChI=1S/C23H24F2N6O/c1-30-13-14(11-27-30)23-17-12-26-21(10-19(17)31(2)29-23)28-15-6-8-16(9-7-15)32-20-5-3-4-18(24)22(20)25/h3-5,10-13,15-16H,6-9H2,1-2H3,(H,26,28). The fraction of sp³-hybridized carbons (Fsp3) is 0.348. The van der Waals surface area contributed by atoms with Crippen LogP contribution in [0.25, 0.3) is 22.2 Å². The van der Waals surface area contributed by atoms with Gasteiger partial charge in [0, 0.05) is 49.5 Å². The third-order valence-corrected chi connectivity index (χ3v) is 5.95. The fourth-order valence-electron chi connectivity index (χ4n) is 4.28. The summed E-state index contributed by atoms with van der Waals surface area (Å²) < 4.78 is 36.6. The first kappa shape index (κ1) is 20.4. The van der Waals surface area contributed by atoms with E-state index in [9.17, 15) is 8.78 Å². The van der Waals surface area contributed by atoms with Crippen LogP contribution in [0.2, 0.25) is 0 Å². The van der Waals surface area contributed by atoms with E-state index in [0.717, 1.165) is 59.7 Å². The quantitative estimate of drug-likeness (QED) is 0.499. The van der Waals surface area contributed by atoms with Gasteiger partial charge in [0.1, 0.15) is 11.5 Å². The molecular formula is C23H24F2N6O. The van der Waals surface area contributed by atoms with Crippen molar-refractivity contribution in [2.24, 2.45) is 14.1 Å². The molecular weight excluding hydrogens is 414 g/mol. The summed E-state index contributed by atoms with van der Waals surface area (Å²) in [6.07, 6.45) is 8.67. The zero-order chi connectivity index (χ0) is 22.2. The Kier molecular flexibility index (Phi) is 5.24. The van der Waals surface area contributed by atoms with Crippen LogP contribution in [0.5, 0.6) is 5.75 Å². The Hall–Kier alpha value is -3.49. The highest BCUT2D eigenvalue weighted by molar-refractivity contribution is 5.93. The van der Waals surface area contributed by atoms with Gasteiger partial charge in [-0.2, -0.15) is 14.6 Å². The van der Waals surface area contributed by atoms with Crippen molar-refractivity contribution < 1.29 is 13.5 Å². The molecule has 0 bridgehead atoms. The first-order chi connectivity index (χ1) is 15.5. The molecule has 9 heteroatoms. The van der Waals surface area contributed by atoms with E-state index in [4.69, 9.17) is 4.74 Å². The Balaban J connectivity index is 1.25. The molecule has 0 spiro atoms. The Labute approximate surface area is 184 Å². The third kappa shape index (κ3) is 3.90. The van der Waals surface area contributed by atoms with Crippen molar-refractivity contribution in [3.63, 3.8) is 0 Å². The number of pyridine rings is 1. The predicted molar refractivity (Wildman–Crippen MR) is 117 cm³/mol. The van der Waals surface area contributed by atoms with Crippen molar-refractivity contribution >= 4 is 16.7 Å². The lowest BCUT2D eigenvalue weighted by Crippen LogP contribution is -2.31. The van der Waals surface area contributed by atoms with Crippen molar-refractivity contribution in [1.82, 2.24) is 24.5 Å². The molecule has 4 aromatic rings. The Morgan fingerprint density at radius 2 is 1.91 bits per heavy atom. The highest BCUT2D eigenvalue weighted by Crippen LogP contribution is 2.30. The number of ether oxygens (including phenoxy) is 1. The van der Waals surface area contributed by atoms with E-state index >= 15 is 0 Å². The summed E-state index contributed by atoms with van der Waals surface area (Å²) in [6.45, 7) is 0. The maximum atomic E-state index is 13.9.